The molecule has 1 aliphatic rings. The molecule has 3 heterocycles. The average Bonchev–Trinajstić information content (AvgIpc) is 3.16. The monoisotopic (exact) mass is 317 g/mol. The van der Waals surface area contributed by atoms with Crippen molar-refractivity contribution in [3.8, 4) is 0 Å². The first-order chi connectivity index (χ1) is 11.0. The Morgan fingerprint density at radius 3 is 2.96 bits per heavy atom. The summed E-state index contributed by atoms with van der Waals surface area (Å²) in [7, 11) is 1.94. The lowest BCUT2D eigenvalue weighted by molar-refractivity contribution is 0.173. The highest BCUT2D eigenvalue weighted by molar-refractivity contribution is 5.74. The van der Waals surface area contributed by atoms with Crippen molar-refractivity contribution in [3.63, 3.8) is 0 Å². The van der Waals surface area contributed by atoms with E-state index in [2.05, 4.69) is 15.5 Å². The number of aryl methyl sites for hydroxylation is 2. The van der Waals surface area contributed by atoms with Crippen molar-refractivity contribution in [2.75, 3.05) is 13.1 Å². The van der Waals surface area contributed by atoms with Gasteiger partial charge >= 0.3 is 6.03 Å². The number of nitrogens with zero attached hydrogens (tertiary/aromatic N) is 4. The van der Waals surface area contributed by atoms with Crippen molar-refractivity contribution in [3.05, 3.63) is 35.8 Å². The third kappa shape index (κ3) is 3.38. The minimum Gasteiger partial charge on any atom is -0.464 e. The molecule has 2 aromatic rings. The highest BCUT2D eigenvalue weighted by Gasteiger charge is 2.28. The van der Waals surface area contributed by atoms with E-state index in [0.29, 0.717) is 6.54 Å². The average molecular weight is 317 g/mol. The summed E-state index contributed by atoms with van der Waals surface area (Å²) in [6.07, 6.45) is 3.71. The summed E-state index contributed by atoms with van der Waals surface area (Å²) >= 11 is 0. The van der Waals surface area contributed by atoms with E-state index in [4.69, 9.17) is 4.42 Å². The normalized spacial score (nSPS) is 19.6. The van der Waals surface area contributed by atoms with Crippen molar-refractivity contribution in [1.29, 1.82) is 0 Å². The van der Waals surface area contributed by atoms with Crippen LogP contribution in [0.15, 0.2) is 22.9 Å². The lowest BCUT2D eigenvalue weighted by Gasteiger charge is -2.32. The number of piperidine rings is 1. The van der Waals surface area contributed by atoms with Gasteiger partial charge in [0, 0.05) is 26.1 Å². The minimum atomic E-state index is -0.147. The Bertz CT molecular complexity index is 678. The maximum absolute atomic E-state index is 12.5. The summed E-state index contributed by atoms with van der Waals surface area (Å²) in [5, 5.41) is 11.1. The molecule has 2 amide bonds. The van der Waals surface area contributed by atoms with Gasteiger partial charge in [-0.15, -0.1) is 10.2 Å². The van der Waals surface area contributed by atoms with Crippen molar-refractivity contribution in [1.82, 2.24) is 25.0 Å². The van der Waals surface area contributed by atoms with Crippen LogP contribution in [0, 0.1) is 6.92 Å². The van der Waals surface area contributed by atoms with Crippen molar-refractivity contribution in [2.24, 2.45) is 7.05 Å². The number of nitrogens with one attached hydrogen (secondary N) is 1. The Labute approximate surface area is 135 Å². The standard InChI is InChI=1S/C16H23N5O2/c1-11-6-7-14(23-11)12(2)18-16(22)21-8-4-5-13(9-21)15-19-17-10-20(15)3/h6-7,10,12-13H,4-5,8-9H2,1-3H3,(H,18,22)/t12-,13+/m1/s1. The summed E-state index contributed by atoms with van der Waals surface area (Å²) < 4.78 is 7.51. The molecule has 1 aliphatic heterocycles. The molecule has 0 saturated carbocycles. The Balaban J connectivity index is 1.62. The Morgan fingerprint density at radius 2 is 2.30 bits per heavy atom. The third-order valence-corrected chi connectivity index (χ3v) is 4.35. The lowest BCUT2D eigenvalue weighted by atomic mass is 9.97. The Hall–Kier alpha value is -2.31. The van der Waals surface area contributed by atoms with Crippen molar-refractivity contribution in [2.45, 2.75) is 38.6 Å². The first-order valence-electron chi connectivity index (χ1n) is 8.00. The Kier molecular flexibility index (Phi) is 4.36. The molecule has 1 fully saturated rings. The number of amides is 2. The number of hydrogen-bond acceptors (Lipinski definition) is 4. The lowest BCUT2D eigenvalue weighted by Crippen LogP contribution is -2.45. The number of urea groups is 1. The van der Waals surface area contributed by atoms with Crippen LogP contribution in [0.1, 0.15) is 49.1 Å². The van der Waals surface area contributed by atoms with Crippen LogP contribution in [0.25, 0.3) is 0 Å². The quantitative estimate of drug-likeness (QED) is 0.943. The van der Waals surface area contributed by atoms with Crippen LogP contribution >= 0.6 is 0 Å². The van der Waals surface area contributed by atoms with E-state index in [0.717, 1.165) is 36.7 Å². The number of carbonyl (C=O) groups is 1. The highest BCUT2D eigenvalue weighted by atomic mass is 16.3. The fraction of sp³-hybridized carbons (Fsp3) is 0.562. The van der Waals surface area contributed by atoms with Crippen molar-refractivity contribution < 1.29 is 9.21 Å². The number of carbonyl (C=O) groups excluding carboxylic acids is 1. The first-order valence-corrected chi connectivity index (χ1v) is 8.00. The molecule has 1 N–H and O–H groups in total. The van der Waals surface area contributed by atoms with Gasteiger partial charge in [0.25, 0.3) is 0 Å². The van der Waals surface area contributed by atoms with E-state index in [1.54, 1.807) is 6.33 Å². The molecule has 7 nitrogen and oxygen atoms in total. The molecular weight excluding hydrogens is 294 g/mol. The summed E-state index contributed by atoms with van der Waals surface area (Å²) in [5.41, 5.74) is 0. The number of rotatable bonds is 3. The predicted octanol–water partition coefficient (Wildman–Crippen LogP) is 2.37. The molecule has 23 heavy (non-hydrogen) atoms. The predicted molar refractivity (Wildman–Crippen MR) is 84.9 cm³/mol. The molecule has 0 unspecified atom stereocenters. The molecular formula is C16H23N5O2. The smallest absolute Gasteiger partial charge is 0.317 e. The Morgan fingerprint density at radius 1 is 1.48 bits per heavy atom. The van der Waals surface area contributed by atoms with Crippen LogP contribution in [0.2, 0.25) is 0 Å². The van der Waals surface area contributed by atoms with Gasteiger partial charge in [0.05, 0.1) is 6.04 Å². The van der Waals surface area contributed by atoms with E-state index in [1.807, 2.05) is 42.5 Å². The van der Waals surface area contributed by atoms with Gasteiger partial charge in [0.2, 0.25) is 0 Å². The van der Waals surface area contributed by atoms with E-state index < -0.39 is 0 Å². The molecule has 0 spiro atoms. The fourth-order valence-corrected chi connectivity index (χ4v) is 3.07. The van der Waals surface area contributed by atoms with Crippen LogP contribution in [-0.2, 0) is 7.05 Å². The maximum atomic E-state index is 12.5. The molecule has 0 aromatic carbocycles. The van der Waals surface area contributed by atoms with Gasteiger partial charge in [-0.05, 0) is 38.8 Å². The molecule has 0 radical (unpaired) electrons. The maximum Gasteiger partial charge on any atom is 0.317 e. The van der Waals surface area contributed by atoms with Gasteiger partial charge in [0.15, 0.2) is 0 Å². The van der Waals surface area contributed by atoms with Gasteiger partial charge in [-0.3, -0.25) is 0 Å². The van der Waals surface area contributed by atoms with E-state index in [-0.39, 0.29) is 18.0 Å². The highest BCUT2D eigenvalue weighted by Crippen LogP contribution is 2.25. The summed E-state index contributed by atoms with van der Waals surface area (Å²) in [6.45, 7) is 5.26. The van der Waals surface area contributed by atoms with Gasteiger partial charge in [0.1, 0.15) is 23.7 Å². The van der Waals surface area contributed by atoms with Crippen molar-refractivity contribution >= 4 is 6.03 Å². The van der Waals surface area contributed by atoms with Crippen LogP contribution < -0.4 is 5.32 Å². The van der Waals surface area contributed by atoms with E-state index >= 15 is 0 Å². The summed E-state index contributed by atoms with van der Waals surface area (Å²) in [4.78, 5) is 14.4. The second-order valence-electron chi connectivity index (χ2n) is 6.20. The third-order valence-electron chi connectivity index (χ3n) is 4.35. The second-order valence-corrected chi connectivity index (χ2v) is 6.20. The van der Waals surface area contributed by atoms with Gasteiger partial charge in [-0.25, -0.2) is 4.79 Å². The van der Waals surface area contributed by atoms with E-state index in [1.165, 1.54) is 0 Å². The topological polar surface area (TPSA) is 76.2 Å². The van der Waals surface area contributed by atoms with E-state index in [9.17, 15) is 4.79 Å². The van der Waals surface area contributed by atoms with Crippen LogP contribution in [0.4, 0.5) is 4.79 Å². The first kappa shape index (κ1) is 15.6. The number of furan rings is 1. The molecule has 7 heteroatoms. The number of likely N-dealkylation sites (tertiary alicyclic amines) is 1. The minimum absolute atomic E-state index is 0.0570. The SMILES string of the molecule is Cc1ccc([C@@H](C)NC(=O)N2CCC[C@H](c3nncn3C)C2)o1. The van der Waals surface area contributed by atoms with Crippen LogP contribution in [0.5, 0.6) is 0 Å². The molecule has 2 aromatic heterocycles. The van der Waals surface area contributed by atoms with Crippen LogP contribution in [-0.4, -0.2) is 38.8 Å². The fourth-order valence-electron chi connectivity index (χ4n) is 3.07. The van der Waals surface area contributed by atoms with Gasteiger partial charge in [-0.1, -0.05) is 0 Å². The summed E-state index contributed by atoms with van der Waals surface area (Å²) in [6, 6.07) is 3.60. The zero-order valence-electron chi connectivity index (χ0n) is 13.8. The summed E-state index contributed by atoms with van der Waals surface area (Å²) in [5.74, 6) is 2.81. The second kappa shape index (κ2) is 6.44. The zero-order valence-corrected chi connectivity index (χ0v) is 13.8. The van der Waals surface area contributed by atoms with Gasteiger partial charge < -0.3 is 19.2 Å². The molecule has 0 aliphatic carbocycles. The zero-order chi connectivity index (χ0) is 16.4. The van der Waals surface area contributed by atoms with Crippen LogP contribution in [0.3, 0.4) is 0 Å². The molecule has 124 valence electrons. The van der Waals surface area contributed by atoms with Gasteiger partial charge in [-0.2, -0.15) is 0 Å². The molecule has 3 rings (SSSR count). The number of aromatic nitrogens is 3. The number of hydrogen-bond donors (Lipinski definition) is 1. The molecule has 1 saturated heterocycles. The molecule has 0 bridgehead atoms. The largest absolute Gasteiger partial charge is 0.464 e. The molecule has 2 atom stereocenters.